The molecule has 7 heteroatoms. The first-order chi connectivity index (χ1) is 13.5. The van der Waals surface area contributed by atoms with E-state index in [0.717, 1.165) is 31.2 Å². The van der Waals surface area contributed by atoms with Gasteiger partial charge in [-0.1, -0.05) is 61.2 Å². The maximum absolute atomic E-state index is 12.6. The number of nitrogens with two attached hydrogens (primary N) is 1. The van der Waals surface area contributed by atoms with E-state index in [1.54, 1.807) is 18.2 Å². The monoisotopic (exact) mass is 435 g/mol. The first kappa shape index (κ1) is 23.2. The van der Waals surface area contributed by atoms with Gasteiger partial charge in [0.15, 0.2) is 0 Å². The highest BCUT2D eigenvalue weighted by molar-refractivity contribution is 6.34. The molecule has 1 saturated carbocycles. The quantitative estimate of drug-likeness (QED) is 0.630. The van der Waals surface area contributed by atoms with Crippen LogP contribution in [0.15, 0.2) is 48.5 Å². The van der Waals surface area contributed by atoms with Crippen LogP contribution < -0.4 is 16.4 Å². The molecule has 0 bridgehead atoms. The molecule has 0 saturated heterocycles. The van der Waals surface area contributed by atoms with Crippen LogP contribution in [-0.2, 0) is 11.2 Å². The van der Waals surface area contributed by atoms with Crippen LogP contribution in [0.25, 0.3) is 0 Å². The molecule has 2 aromatic rings. The average molecular weight is 436 g/mol. The first-order valence-corrected chi connectivity index (χ1v) is 10.1. The maximum Gasteiger partial charge on any atom is 0.253 e. The van der Waals surface area contributed by atoms with Gasteiger partial charge in [0.2, 0.25) is 5.91 Å². The molecular weight excluding hydrogens is 409 g/mol. The lowest BCUT2D eigenvalue weighted by Gasteiger charge is -2.23. The highest BCUT2D eigenvalue weighted by Gasteiger charge is 2.20. The third kappa shape index (κ3) is 6.74. The van der Waals surface area contributed by atoms with Crippen molar-refractivity contribution in [3.05, 3.63) is 64.7 Å². The van der Waals surface area contributed by atoms with Crippen LogP contribution in [0, 0.1) is 0 Å². The lowest BCUT2D eigenvalue weighted by atomic mass is 9.95. The number of hydrogen-bond acceptors (Lipinski definition) is 3. The Morgan fingerprint density at radius 1 is 1.07 bits per heavy atom. The molecule has 1 aliphatic rings. The number of benzene rings is 2. The van der Waals surface area contributed by atoms with Crippen molar-refractivity contribution in [2.45, 2.75) is 50.6 Å². The summed E-state index contributed by atoms with van der Waals surface area (Å²) in [5.41, 5.74) is 7.89. The van der Waals surface area contributed by atoms with Gasteiger partial charge in [0, 0.05) is 11.7 Å². The fourth-order valence-electron chi connectivity index (χ4n) is 3.48. The standard InChI is InChI=1S/C22H26ClN3O2.ClH/c23-19-12-11-17(14-18(19)21(27)25-16-9-5-2-6-10-16)26-22(28)20(24)13-15-7-3-1-4-8-15;/h1,3-4,7-8,11-12,14,16,20H,2,5-6,9-10,13,24H2,(H,25,27)(H,26,28);1H/t20-;/m0./s1. The Hall–Kier alpha value is -2.08. The van der Waals surface area contributed by atoms with Gasteiger partial charge in [-0.15, -0.1) is 12.4 Å². The minimum absolute atomic E-state index is 0. The minimum Gasteiger partial charge on any atom is -0.349 e. The topological polar surface area (TPSA) is 84.2 Å². The summed E-state index contributed by atoms with van der Waals surface area (Å²) < 4.78 is 0. The van der Waals surface area contributed by atoms with Crippen molar-refractivity contribution in [2.24, 2.45) is 5.73 Å². The number of halogens is 2. The molecule has 3 rings (SSSR count). The summed E-state index contributed by atoms with van der Waals surface area (Å²) in [5, 5.41) is 6.20. The average Bonchev–Trinajstić information content (AvgIpc) is 2.70. The second kappa shape index (κ2) is 11.2. The van der Waals surface area contributed by atoms with Gasteiger partial charge in [-0.3, -0.25) is 9.59 Å². The van der Waals surface area contributed by atoms with Crippen molar-refractivity contribution in [1.82, 2.24) is 5.32 Å². The Kier molecular flexibility index (Phi) is 8.96. The van der Waals surface area contributed by atoms with Gasteiger partial charge in [-0.05, 0) is 43.0 Å². The van der Waals surface area contributed by atoms with Crippen molar-refractivity contribution in [2.75, 3.05) is 5.32 Å². The highest BCUT2D eigenvalue weighted by Crippen LogP contribution is 2.23. The van der Waals surface area contributed by atoms with E-state index in [4.69, 9.17) is 17.3 Å². The van der Waals surface area contributed by atoms with Gasteiger partial charge in [-0.2, -0.15) is 0 Å². The van der Waals surface area contributed by atoms with E-state index < -0.39 is 6.04 Å². The van der Waals surface area contributed by atoms with Gasteiger partial charge >= 0.3 is 0 Å². The second-order valence-corrected chi connectivity index (χ2v) is 7.70. The predicted molar refractivity (Wildman–Crippen MR) is 120 cm³/mol. The molecule has 5 nitrogen and oxygen atoms in total. The summed E-state index contributed by atoms with van der Waals surface area (Å²) in [6.07, 6.45) is 5.91. The molecule has 0 aliphatic heterocycles. The van der Waals surface area contributed by atoms with Crippen LogP contribution in [0.2, 0.25) is 5.02 Å². The second-order valence-electron chi connectivity index (χ2n) is 7.29. The van der Waals surface area contributed by atoms with E-state index in [1.165, 1.54) is 6.42 Å². The van der Waals surface area contributed by atoms with Crippen LogP contribution in [0.3, 0.4) is 0 Å². The zero-order chi connectivity index (χ0) is 19.9. The number of nitrogens with one attached hydrogen (secondary N) is 2. The summed E-state index contributed by atoms with van der Waals surface area (Å²) in [6, 6.07) is 14.0. The zero-order valence-electron chi connectivity index (χ0n) is 16.2. The van der Waals surface area contributed by atoms with E-state index in [0.29, 0.717) is 22.7 Å². The smallest absolute Gasteiger partial charge is 0.253 e. The molecule has 1 atom stereocenters. The molecule has 0 radical (unpaired) electrons. The SMILES string of the molecule is Cl.N[C@@H](Cc1ccccc1)C(=O)Nc1ccc(Cl)c(C(=O)NC2CCCCC2)c1. The molecule has 0 aromatic heterocycles. The van der Waals surface area contributed by atoms with Gasteiger partial charge in [0.05, 0.1) is 16.6 Å². The Labute approximate surface area is 182 Å². The number of amides is 2. The van der Waals surface area contributed by atoms with Crippen molar-refractivity contribution in [3.8, 4) is 0 Å². The molecule has 2 aromatic carbocycles. The van der Waals surface area contributed by atoms with Crippen LogP contribution in [0.5, 0.6) is 0 Å². The molecule has 29 heavy (non-hydrogen) atoms. The Morgan fingerprint density at radius 3 is 2.45 bits per heavy atom. The lowest BCUT2D eigenvalue weighted by molar-refractivity contribution is -0.117. The third-order valence-corrected chi connectivity index (χ3v) is 5.38. The van der Waals surface area contributed by atoms with E-state index in [-0.39, 0.29) is 30.3 Å². The maximum atomic E-state index is 12.6. The minimum atomic E-state index is -0.683. The van der Waals surface area contributed by atoms with Crippen molar-refractivity contribution < 1.29 is 9.59 Å². The largest absolute Gasteiger partial charge is 0.349 e. The fourth-order valence-corrected chi connectivity index (χ4v) is 3.69. The Morgan fingerprint density at radius 2 is 1.76 bits per heavy atom. The molecule has 156 valence electrons. The van der Waals surface area contributed by atoms with E-state index in [2.05, 4.69) is 10.6 Å². The number of anilines is 1. The van der Waals surface area contributed by atoms with Crippen LogP contribution >= 0.6 is 24.0 Å². The summed E-state index contributed by atoms with van der Waals surface area (Å²) in [6.45, 7) is 0. The summed E-state index contributed by atoms with van der Waals surface area (Å²) in [7, 11) is 0. The van der Waals surface area contributed by atoms with Crippen LogP contribution in [0.1, 0.15) is 48.0 Å². The molecule has 2 amide bonds. The fraction of sp³-hybridized carbons (Fsp3) is 0.364. The van der Waals surface area contributed by atoms with Gasteiger partial charge in [-0.25, -0.2) is 0 Å². The highest BCUT2D eigenvalue weighted by atomic mass is 35.5. The summed E-state index contributed by atoms with van der Waals surface area (Å²) in [5.74, 6) is -0.508. The van der Waals surface area contributed by atoms with Crippen molar-refractivity contribution >= 4 is 41.5 Å². The van der Waals surface area contributed by atoms with E-state index in [1.807, 2.05) is 30.3 Å². The molecule has 0 heterocycles. The lowest BCUT2D eigenvalue weighted by Crippen LogP contribution is -2.38. The molecule has 0 spiro atoms. The van der Waals surface area contributed by atoms with Crippen molar-refractivity contribution in [1.29, 1.82) is 0 Å². The molecule has 1 fully saturated rings. The Bertz CT molecular complexity index is 824. The molecular formula is C22H27Cl2N3O2. The van der Waals surface area contributed by atoms with Gasteiger partial charge in [0.1, 0.15) is 0 Å². The predicted octanol–water partition coefficient (Wildman–Crippen LogP) is 4.33. The zero-order valence-corrected chi connectivity index (χ0v) is 17.8. The Balaban J connectivity index is 0.00000300. The van der Waals surface area contributed by atoms with Crippen LogP contribution in [0.4, 0.5) is 5.69 Å². The molecule has 1 aliphatic carbocycles. The summed E-state index contributed by atoms with van der Waals surface area (Å²) in [4.78, 5) is 25.0. The molecule has 4 N–H and O–H groups in total. The summed E-state index contributed by atoms with van der Waals surface area (Å²) >= 11 is 6.22. The first-order valence-electron chi connectivity index (χ1n) is 9.73. The van der Waals surface area contributed by atoms with Gasteiger partial charge < -0.3 is 16.4 Å². The number of hydrogen-bond donors (Lipinski definition) is 3. The van der Waals surface area contributed by atoms with Gasteiger partial charge in [0.25, 0.3) is 5.91 Å². The normalized spacial score (nSPS) is 15.1. The van der Waals surface area contributed by atoms with Crippen molar-refractivity contribution in [3.63, 3.8) is 0 Å². The van der Waals surface area contributed by atoms with Crippen LogP contribution in [-0.4, -0.2) is 23.9 Å². The number of carbonyl (C=O) groups is 2. The third-order valence-electron chi connectivity index (χ3n) is 5.05. The molecule has 0 unspecified atom stereocenters. The van der Waals surface area contributed by atoms with E-state index in [9.17, 15) is 9.59 Å². The number of carbonyl (C=O) groups excluding carboxylic acids is 2. The number of rotatable bonds is 6. The van der Waals surface area contributed by atoms with E-state index >= 15 is 0 Å².